The van der Waals surface area contributed by atoms with Crippen molar-refractivity contribution in [2.24, 2.45) is 0 Å². The summed E-state index contributed by atoms with van der Waals surface area (Å²) in [6, 6.07) is 27.3. The van der Waals surface area contributed by atoms with Gasteiger partial charge in [0, 0.05) is 6.07 Å². The summed E-state index contributed by atoms with van der Waals surface area (Å²) in [7, 11) is 3.09. The molecule has 0 saturated carbocycles. The van der Waals surface area contributed by atoms with Crippen molar-refractivity contribution in [3.05, 3.63) is 107 Å². The molecule has 0 atom stereocenters. The van der Waals surface area contributed by atoms with Crippen LogP contribution in [0.2, 0.25) is 0 Å². The van der Waals surface area contributed by atoms with Crippen molar-refractivity contribution in [1.82, 2.24) is 0 Å². The first kappa shape index (κ1) is 22.7. The SMILES string of the molecule is COc1cccc(OC)c1OCc1ccc([N+](=O)[O-])c(Oc2ccc(-c3ccccc3)cc2)c1. The molecule has 0 unspecified atom stereocenters. The second kappa shape index (κ2) is 10.4. The first-order valence-electron chi connectivity index (χ1n) is 10.5. The number of rotatable bonds is 9. The van der Waals surface area contributed by atoms with Crippen molar-refractivity contribution in [3.8, 4) is 39.9 Å². The molecule has 172 valence electrons. The molecule has 0 radical (unpaired) electrons. The Hall–Kier alpha value is -4.52. The van der Waals surface area contributed by atoms with Crippen LogP contribution < -0.4 is 18.9 Å². The predicted molar refractivity (Wildman–Crippen MR) is 129 cm³/mol. The molecule has 7 nitrogen and oxygen atoms in total. The highest BCUT2D eigenvalue weighted by Crippen LogP contribution is 2.38. The number of para-hydroxylation sites is 1. The van der Waals surface area contributed by atoms with Crippen molar-refractivity contribution < 1.29 is 23.9 Å². The smallest absolute Gasteiger partial charge is 0.311 e. The summed E-state index contributed by atoms with van der Waals surface area (Å²) in [5.41, 5.74) is 2.65. The minimum absolute atomic E-state index is 0.130. The molecule has 7 heteroatoms. The standard InChI is InChI=1S/C27H23NO6/c1-31-24-9-6-10-25(32-2)27(24)33-18-19-11-16-23(28(29)30)26(17-19)34-22-14-12-21(13-15-22)20-7-4-3-5-8-20/h3-17H,18H2,1-2H3. The van der Waals surface area contributed by atoms with E-state index in [0.717, 1.165) is 11.1 Å². The van der Waals surface area contributed by atoms with Crippen molar-refractivity contribution in [2.45, 2.75) is 6.61 Å². The quantitative estimate of drug-likeness (QED) is 0.207. The molecule has 0 aliphatic rings. The van der Waals surface area contributed by atoms with E-state index in [1.165, 1.54) is 6.07 Å². The molecule has 0 saturated heterocycles. The molecule has 0 spiro atoms. The van der Waals surface area contributed by atoms with E-state index in [4.69, 9.17) is 18.9 Å². The van der Waals surface area contributed by atoms with Crippen LogP contribution in [0.25, 0.3) is 11.1 Å². The summed E-state index contributed by atoms with van der Waals surface area (Å²) in [4.78, 5) is 11.1. The summed E-state index contributed by atoms with van der Waals surface area (Å²) in [5, 5.41) is 11.6. The third-order valence-electron chi connectivity index (χ3n) is 5.18. The maximum atomic E-state index is 11.6. The molecule has 0 aliphatic heterocycles. The molecular weight excluding hydrogens is 434 g/mol. The lowest BCUT2D eigenvalue weighted by Crippen LogP contribution is -2.01. The van der Waals surface area contributed by atoms with Gasteiger partial charge in [0.15, 0.2) is 11.5 Å². The maximum Gasteiger partial charge on any atom is 0.311 e. The molecule has 0 heterocycles. The highest BCUT2D eigenvalue weighted by Gasteiger charge is 2.18. The third kappa shape index (κ3) is 5.10. The lowest BCUT2D eigenvalue weighted by molar-refractivity contribution is -0.385. The largest absolute Gasteiger partial charge is 0.493 e. The summed E-state index contributed by atoms with van der Waals surface area (Å²) in [6.07, 6.45) is 0. The van der Waals surface area contributed by atoms with Crippen LogP contribution in [0.15, 0.2) is 91.0 Å². The number of nitrogens with zero attached hydrogens (tertiary/aromatic N) is 1. The molecule has 4 aromatic carbocycles. The summed E-state index contributed by atoms with van der Waals surface area (Å²) >= 11 is 0. The van der Waals surface area contributed by atoms with E-state index < -0.39 is 4.92 Å². The summed E-state index contributed by atoms with van der Waals surface area (Å²) in [6.45, 7) is 0.137. The van der Waals surface area contributed by atoms with E-state index in [1.807, 2.05) is 42.5 Å². The Balaban J connectivity index is 1.56. The van der Waals surface area contributed by atoms with Crippen molar-refractivity contribution in [3.63, 3.8) is 0 Å². The second-order valence-corrected chi connectivity index (χ2v) is 7.33. The van der Waals surface area contributed by atoms with Crippen molar-refractivity contribution in [2.75, 3.05) is 14.2 Å². The molecule has 0 N–H and O–H groups in total. The fraction of sp³-hybridized carbons (Fsp3) is 0.111. The van der Waals surface area contributed by atoms with Crippen LogP contribution in [0, 0.1) is 10.1 Å². The highest BCUT2D eigenvalue weighted by atomic mass is 16.6. The van der Waals surface area contributed by atoms with E-state index in [9.17, 15) is 10.1 Å². The Morgan fingerprint density at radius 3 is 2.00 bits per heavy atom. The first-order valence-corrected chi connectivity index (χ1v) is 10.5. The van der Waals surface area contributed by atoms with E-state index in [-0.39, 0.29) is 18.0 Å². The van der Waals surface area contributed by atoms with Gasteiger partial charge >= 0.3 is 5.69 Å². The number of benzene rings is 4. The van der Waals surface area contributed by atoms with Crippen LogP contribution in [0.3, 0.4) is 0 Å². The van der Waals surface area contributed by atoms with E-state index >= 15 is 0 Å². The van der Waals surface area contributed by atoms with Gasteiger partial charge in [0.25, 0.3) is 0 Å². The number of nitro groups is 1. The van der Waals surface area contributed by atoms with E-state index in [1.54, 1.807) is 56.7 Å². The molecule has 4 aromatic rings. The second-order valence-electron chi connectivity index (χ2n) is 7.33. The first-order chi connectivity index (χ1) is 16.6. The topological polar surface area (TPSA) is 80.1 Å². The Morgan fingerprint density at radius 2 is 1.38 bits per heavy atom. The average molecular weight is 457 g/mol. The zero-order valence-electron chi connectivity index (χ0n) is 18.8. The van der Waals surface area contributed by atoms with Gasteiger partial charge in [-0.15, -0.1) is 0 Å². The zero-order chi connectivity index (χ0) is 23.9. The summed E-state index contributed by atoms with van der Waals surface area (Å²) < 4.78 is 22.5. The normalized spacial score (nSPS) is 10.4. The molecule has 0 aromatic heterocycles. The third-order valence-corrected chi connectivity index (χ3v) is 5.18. The van der Waals surface area contributed by atoms with Crippen LogP contribution in [-0.2, 0) is 6.61 Å². The number of ether oxygens (including phenoxy) is 4. The molecule has 4 rings (SSSR count). The minimum Gasteiger partial charge on any atom is -0.493 e. The van der Waals surface area contributed by atoms with Crippen LogP contribution in [0.1, 0.15) is 5.56 Å². The van der Waals surface area contributed by atoms with E-state index in [2.05, 4.69) is 0 Å². The minimum atomic E-state index is -0.471. The van der Waals surface area contributed by atoms with E-state index in [0.29, 0.717) is 28.6 Å². The van der Waals surface area contributed by atoms with Crippen LogP contribution in [0.5, 0.6) is 28.7 Å². The predicted octanol–water partition coefficient (Wildman–Crippen LogP) is 6.65. The monoisotopic (exact) mass is 457 g/mol. The van der Waals surface area contributed by atoms with Crippen molar-refractivity contribution >= 4 is 5.69 Å². The Labute approximate surface area is 197 Å². The van der Waals surface area contributed by atoms with Gasteiger partial charge in [0.1, 0.15) is 12.4 Å². The molecule has 0 fully saturated rings. The highest BCUT2D eigenvalue weighted by molar-refractivity contribution is 5.64. The van der Waals surface area contributed by atoms with Crippen LogP contribution in [-0.4, -0.2) is 19.1 Å². The Kier molecular flexibility index (Phi) is 6.93. The maximum absolute atomic E-state index is 11.6. The van der Waals surface area contributed by atoms with Gasteiger partial charge in [-0.2, -0.15) is 0 Å². The number of methoxy groups -OCH3 is 2. The number of hydrogen-bond acceptors (Lipinski definition) is 6. The fourth-order valence-corrected chi connectivity index (χ4v) is 3.47. The van der Waals surface area contributed by atoms with Gasteiger partial charge in [-0.1, -0.05) is 48.5 Å². The Bertz CT molecular complexity index is 1250. The molecule has 0 bridgehead atoms. The molecule has 34 heavy (non-hydrogen) atoms. The van der Waals surface area contributed by atoms with Gasteiger partial charge in [-0.25, -0.2) is 0 Å². The average Bonchev–Trinajstić information content (AvgIpc) is 2.88. The lowest BCUT2D eigenvalue weighted by atomic mass is 10.1. The van der Waals surface area contributed by atoms with Gasteiger partial charge in [-0.3, -0.25) is 10.1 Å². The lowest BCUT2D eigenvalue weighted by Gasteiger charge is -2.14. The van der Waals surface area contributed by atoms with Gasteiger partial charge in [-0.05, 0) is 53.1 Å². The molecule has 0 amide bonds. The van der Waals surface area contributed by atoms with Crippen molar-refractivity contribution in [1.29, 1.82) is 0 Å². The van der Waals surface area contributed by atoms with Gasteiger partial charge < -0.3 is 18.9 Å². The zero-order valence-corrected chi connectivity index (χ0v) is 18.8. The number of nitro benzene ring substituents is 1. The van der Waals surface area contributed by atoms with Gasteiger partial charge in [0.05, 0.1) is 19.1 Å². The van der Waals surface area contributed by atoms with Crippen LogP contribution in [0.4, 0.5) is 5.69 Å². The molecular formula is C27H23NO6. The Morgan fingerprint density at radius 1 is 0.735 bits per heavy atom. The van der Waals surface area contributed by atoms with Gasteiger partial charge in [0.2, 0.25) is 11.5 Å². The fourth-order valence-electron chi connectivity index (χ4n) is 3.47. The number of hydrogen-bond donors (Lipinski definition) is 0. The molecule has 0 aliphatic carbocycles. The summed E-state index contributed by atoms with van der Waals surface area (Å²) in [5.74, 6) is 2.12. The van der Waals surface area contributed by atoms with Crippen LogP contribution >= 0.6 is 0 Å².